The Morgan fingerprint density at radius 2 is 1.52 bits per heavy atom. The van der Waals surface area contributed by atoms with Gasteiger partial charge in [-0.15, -0.1) is 0 Å². The first kappa shape index (κ1) is 28.2. The fourth-order valence-electron chi connectivity index (χ4n) is 4.81. The second-order valence-corrected chi connectivity index (χ2v) is 9.70. The third-order valence-corrected chi connectivity index (χ3v) is 7.03. The highest BCUT2D eigenvalue weighted by molar-refractivity contribution is 5.89. The summed E-state index contributed by atoms with van der Waals surface area (Å²) >= 11 is 0. The van der Waals surface area contributed by atoms with Gasteiger partial charge in [0.05, 0.1) is 18.8 Å². The Morgan fingerprint density at radius 3 is 2.23 bits per heavy atom. The number of hydrogen-bond acceptors (Lipinski definition) is 14. The number of aliphatic hydroxyl groups is 6. The van der Waals surface area contributed by atoms with Crippen LogP contribution in [0.4, 0.5) is 0 Å². The predicted octanol–water partition coefficient (Wildman–Crippen LogP) is -1.44. The van der Waals surface area contributed by atoms with Gasteiger partial charge in [-0.3, -0.25) is 4.79 Å². The molecule has 3 aromatic rings. The highest BCUT2D eigenvalue weighted by atomic mass is 16.7. The van der Waals surface area contributed by atoms with E-state index < -0.39 is 78.7 Å². The molecule has 14 nitrogen and oxygen atoms in total. The van der Waals surface area contributed by atoms with Gasteiger partial charge < -0.3 is 64.6 Å². The Morgan fingerprint density at radius 1 is 0.825 bits per heavy atom. The molecular formula is C26H28O14. The van der Waals surface area contributed by atoms with Crippen molar-refractivity contribution < 1.29 is 64.6 Å². The smallest absolute Gasteiger partial charge is 0.197 e. The van der Waals surface area contributed by atoms with E-state index in [-0.39, 0.29) is 34.6 Å². The summed E-state index contributed by atoms with van der Waals surface area (Å²) < 4.78 is 22.3. The van der Waals surface area contributed by atoms with Crippen molar-refractivity contribution in [3.8, 4) is 28.6 Å². The maximum Gasteiger partial charge on any atom is 0.197 e. The van der Waals surface area contributed by atoms with E-state index in [1.807, 2.05) is 0 Å². The van der Waals surface area contributed by atoms with E-state index in [2.05, 4.69) is 0 Å². The minimum absolute atomic E-state index is 0.0151. The second-order valence-electron chi connectivity index (χ2n) is 9.70. The molecule has 2 aliphatic heterocycles. The van der Waals surface area contributed by atoms with Crippen molar-refractivity contribution in [1.29, 1.82) is 0 Å². The zero-order valence-corrected chi connectivity index (χ0v) is 20.6. The molecule has 9 atom stereocenters. The Labute approximate surface area is 225 Å². The number of ether oxygens (including phenoxy) is 3. The minimum atomic E-state index is -1.86. The van der Waals surface area contributed by atoms with Gasteiger partial charge in [-0.1, -0.05) is 0 Å². The van der Waals surface area contributed by atoms with Crippen molar-refractivity contribution in [1.82, 2.24) is 0 Å². The molecule has 2 fully saturated rings. The van der Waals surface area contributed by atoms with Gasteiger partial charge in [0.25, 0.3) is 0 Å². The normalized spacial score (nSPS) is 32.8. The van der Waals surface area contributed by atoms with Gasteiger partial charge >= 0.3 is 0 Å². The standard InChI is InChI=1S/C26H28O14/c27-10-3-1-9(2-4-10)15-6-13(30)17-11(28)5-12(29)18(24(17)39-15)25-22(35)21(34)20(33)16(40-25)8-38-26-23(36)19(32)14(31)7-37-26/h1-6,14,16,19-23,25-29,31-36H,7-8H2/t14-,16+,19-,20+,21-,22+,23+,25-,26-/m0/s1. The number of rotatable bonds is 5. The van der Waals surface area contributed by atoms with E-state index in [1.54, 1.807) is 0 Å². The van der Waals surface area contributed by atoms with Crippen LogP contribution in [0.3, 0.4) is 0 Å². The lowest BCUT2D eigenvalue weighted by Gasteiger charge is -2.42. The van der Waals surface area contributed by atoms with Crippen LogP contribution in [0.5, 0.6) is 17.2 Å². The molecule has 216 valence electrons. The van der Waals surface area contributed by atoms with E-state index >= 15 is 0 Å². The summed E-state index contributed by atoms with van der Waals surface area (Å²) in [5.41, 5.74) is -1.04. The molecule has 2 aromatic carbocycles. The average Bonchev–Trinajstić information content (AvgIpc) is 2.91. The van der Waals surface area contributed by atoms with Crippen molar-refractivity contribution in [2.75, 3.05) is 13.2 Å². The van der Waals surface area contributed by atoms with E-state index in [4.69, 9.17) is 18.6 Å². The summed E-state index contributed by atoms with van der Waals surface area (Å²) in [6.45, 7) is -0.901. The summed E-state index contributed by atoms with van der Waals surface area (Å²) in [6.07, 6.45) is -14.5. The molecule has 9 N–H and O–H groups in total. The Balaban J connectivity index is 1.51. The Kier molecular flexibility index (Phi) is 7.71. The van der Waals surface area contributed by atoms with Gasteiger partial charge in [0.15, 0.2) is 17.3 Å². The number of hydrogen-bond donors (Lipinski definition) is 9. The zero-order valence-electron chi connectivity index (χ0n) is 20.6. The van der Waals surface area contributed by atoms with Crippen molar-refractivity contribution in [2.24, 2.45) is 0 Å². The molecule has 2 aliphatic rings. The summed E-state index contributed by atoms with van der Waals surface area (Å²) in [6, 6.07) is 7.54. The average molecular weight is 564 g/mol. The summed E-state index contributed by atoms with van der Waals surface area (Å²) in [7, 11) is 0. The maximum absolute atomic E-state index is 13.0. The number of phenolic OH excluding ortho intramolecular Hbond substituents is 3. The predicted molar refractivity (Wildman–Crippen MR) is 132 cm³/mol. The van der Waals surface area contributed by atoms with E-state index in [9.17, 15) is 50.8 Å². The van der Waals surface area contributed by atoms with Gasteiger partial charge in [-0.25, -0.2) is 0 Å². The summed E-state index contributed by atoms with van der Waals surface area (Å²) in [5, 5.41) is 92.0. The molecule has 3 heterocycles. The van der Waals surface area contributed by atoms with Gasteiger partial charge in [0, 0.05) is 17.7 Å². The first-order chi connectivity index (χ1) is 19.0. The van der Waals surface area contributed by atoms with Crippen LogP contribution in [0.2, 0.25) is 0 Å². The molecule has 0 bridgehead atoms. The van der Waals surface area contributed by atoms with Crippen molar-refractivity contribution >= 4 is 11.0 Å². The van der Waals surface area contributed by atoms with Gasteiger partial charge in [0.1, 0.15) is 77.2 Å². The van der Waals surface area contributed by atoms with Crippen LogP contribution >= 0.6 is 0 Å². The number of benzene rings is 2. The Bertz CT molecular complexity index is 1420. The van der Waals surface area contributed by atoms with Crippen LogP contribution in [0.1, 0.15) is 11.7 Å². The number of fused-ring (bicyclic) bond motifs is 1. The van der Waals surface area contributed by atoms with E-state index in [0.717, 1.165) is 12.1 Å². The molecule has 0 radical (unpaired) electrons. The molecule has 0 amide bonds. The molecule has 0 spiro atoms. The van der Waals surface area contributed by atoms with Crippen LogP contribution in [0.25, 0.3) is 22.3 Å². The topological polar surface area (TPSA) is 240 Å². The first-order valence-corrected chi connectivity index (χ1v) is 12.3. The molecule has 1 aromatic heterocycles. The monoisotopic (exact) mass is 564 g/mol. The lowest BCUT2D eigenvalue weighted by atomic mass is 9.89. The Hall–Kier alpha value is -3.31. The van der Waals surface area contributed by atoms with Crippen LogP contribution in [0.15, 0.2) is 45.6 Å². The third-order valence-electron chi connectivity index (χ3n) is 7.03. The van der Waals surface area contributed by atoms with Crippen molar-refractivity contribution in [3.05, 3.63) is 52.2 Å². The lowest BCUT2D eigenvalue weighted by molar-refractivity contribution is -0.291. The first-order valence-electron chi connectivity index (χ1n) is 12.3. The quantitative estimate of drug-likeness (QED) is 0.172. The fourth-order valence-corrected chi connectivity index (χ4v) is 4.81. The van der Waals surface area contributed by atoms with Crippen LogP contribution < -0.4 is 5.43 Å². The fraction of sp³-hybridized carbons (Fsp3) is 0.423. The highest BCUT2D eigenvalue weighted by Crippen LogP contribution is 2.44. The molecule has 0 unspecified atom stereocenters. The minimum Gasteiger partial charge on any atom is -0.508 e. The summed E-state index contributed by atoms with van der Waals surface area (Å²) in [4.78, 5) is 13.0. The molecule has 5 rings (SSSR count). The second kappa shape index (κ2) is 10.9. The van der Waals surface area contributed by atoms with Crippen LogP contribution in [-0.4, -0.2) is 108 Å². The lowest BCUT2D eigenvalue weighted by Crippen LogP contribution is -2.57. The van der Waals surface area contributed by atoms with Crippen LogP contribution in [-0.2, 0) is 14.2 Å². The molecule has 0 aliphatic carbocycles. The molecule has 14 heteroatoms. The highest BCUT2D eigenvalue weighted by Gasteiger charge is 2.47. The number of aromatic hydroxyl groups is 3. The van der Waals surface area contributed by atoms with Gasteiger partial charge in [-0.05, 0) is 24.3 Å². The van der Waals surface area contributed by atoms with Gasteiger partial charge in [-0.2, -0.15) is 0 Å². The van der Waals surface area contributed by atoms with Crippen molar-refractivity contribution in [2.45, 2.75) is 55.1 Å². The third kappa shape index (κ3) is 5.01. The largest absolute Gasteiger partial charge is 0.508 e. The molecule has 40 heavy (non-hydrogen) atoms. The SMILES string of the molecule is O=c1cc(-c2ccc(O)cc2)oc2c([C@@H]3O[C@H](CO[C@@H]4OC[C@H](O)[C@H](O)[C@H]4O)[C@@H](O)[C@H](O)[C@H]3O)c(O)cc(O)c12. The van der Waals surface area contributed by atoms with Gasteiger partial charge in [0.2, 0.25) is 0 Å². The molecule has 2 saturated heterocycles. The zero-order chi connectivity index (χ0) is 28.9. The molecular weight excluding hydrogens is 536 g/mol. The number of aliphatic hydroxyl groups excluding tert-OH is 6. The maximum atomic E-state index is 13.0. The summed E-state index contributed by atoms with van der Waals surface area (Å²) in [5.74, 6) is -1.35. The van der Waals surface area contributed by atoms with E-state index in [1.165, 1.54) is 24.3 Å². The molecule has 0 saturated carbocycles. The van der Waals surface area contributed by atoms with E-state index in [0.29, 0.717) is 5.56 Å². The number of phenols is 3. The van der Waals surface area contributed by atoms with Crippen molar-refractivity contribution in [3.63, 3.8) is 0 Å². The van der Waals surface area contributed by atoms with Crippen LogP contribution in [0, 0.1) is 0 Å².